The molecule has 0 aliphatic heterocycles. The second-order valence-corrected chi connectivity index (χ2v) is 6.22. The molecule has 0 aromatic carbocycles. The molecule has 0 aliphatic rings. The molecule has 2 rings (SSSR count). The average Bonchev–Trinajstić information content (AvgIpc) is 2.98. The predicted molar refractivity (Wildman–Crippen MR) is 77.2 cm³/mol. The van der Waals surface area contributed by atoms with E-state index < -0.39 is 29.7 Å². The number of halogens is 8. The van der Waals surface area contributed by atoms with Crippen LogP contribution in [0.1, 0.15) is 18.3 Å². The van der Waals surface area contributed by atoms with E-state index in [2.05, 4.69) is 10.1 Å². The first-order valence-corrected chi connectivity index (χ1v) is 7.90. The summed E-state index contributed by atoms with van der Waals surface area (Å²) >= 11 is 0.917. The number of pyridine rings is 1. The third kappa shape index (κ3) is 4.46. The minimum Gasteiger partial charge on any atom is -0.257 e. The van der Waals surface area contributed by atoms with Gasteiger partial charge < -0.3 is 0 Å². The lowest BCUT2D eigenvalue weighted by Gasteiger charge is -2.20. The van der Waals surface area contributed by atoms with E-state index in [1.54, 1.807) is 6.92 Å². The highest BCUT2D eigenvalue weighted by molar-refractivity contribution is 7.99. The van der Waals surface area contributed by atoms with Crippen LogP contribution in [0.25, 0.3) is 5.69 Å². The van der Waals surface area contributed by atoms with Crippen molar-refractivity contribution in [1.29, 1.82) is 0 Å². The lowest BCUT2D eigenvalue weighted by molar-refractivity contribution is -0.265. The molecule has 143 valence electrons. The van der Waals surface area contributed by atoms with Gasteiger partial charge in [-0.15, -0.1) is 11.8 Å². The molecule has 0 bridgehead atoms. The van der Waals surface area contributed by atoms with Crippen LogP contribution in [0, 0.1) is 6.42 Å². The van der Waals surface area contributed by atoms with E-state index in [-0.39, 0.29) is 17.0 Å². The van der Waals surface area contributed by atoms with Gasteiger partial charge in [-0.3, -0.25) is 4.98 Å². The van der Waals surface area contributed by atoms with Crippen LogP contribution in [0.15, 0.2) is 29.4 Å². The van der Waals surface area contributed by atoms with Crippen molar-refractivity contribution >= 4 is 11.8 Å². The van der Waals surface area contributed by atoms with E-state index in [1.807, 2.05) is 0 Å². The second kappa shape index (κ2) is 7.05. The summed E-state index contributed by atoms with van der Waals surface area (Å²) in [6.45, 7) is 1.62. The molecule has 26 heavy (non-hydrogen) atoms. The zero-order chi connectivity index (χ0) is 19.8. The Morgan fingerprint density at radius 1 is 1.12 bits per heavy atom. The first kappa shape index (κ1) is 20.5. The monoisotopic (exact) mass is 404 g/mol. The maximum atomic E-state index is 13.2. The zero-order valence-electron chi connectivity index (χ0n) is 12.9. The van der Waals surface area contributed by atoms with E-state index in [1.165, 1.54) is 0 Å². The van der Waals surface area contributed by atoms with Gasteiger partial charge in [-0.25, -0.2) is 4.68 Å². The Bertz CT molecular complexity index is 766. The van der Waals surface area contributed by atoms with Gasteiger partial charge in [0.2, 0.25) is 0 Å². The summed E-state index contributed by atoms with van der Waals surface area (Å²) in [4.78, 5) is 3.50. The maximum absolute atomic E-state index is 13.2. The highest BCUT2D eigenvalue weighted by atomic mass is 32.2. The number of nitrogens with zero attached hydrogens (tertiary/aromatic N) is 3. The van der Waals surface area contributed by atoms with Crippen molar-refractivity contribution in [3.05, 3.63) is 42.3 Å². The fourth-order valence-corrected chi connectivity index (χ4v) is 2.60. The Balaban J connectivity index is 2.38. The van der Waals surface area contributed by atoms with Crippen molar-refractivity contribution in [1.82, 2.24) is 14.8 Å². The highest BCUT2D eigenvalue weighted by Crippen LogP contribution is 2.40. The van der Waals surface area contributed by atoms with Gasteiger partial charge >= 0.3 is 18.3 Å². The smallest absolute Gasteiger partial charge is 0.257 e. The highest BCUT2D eigenvalue weighted by Gasteiger charge is 2.58. The first-order valence-electron chi connectivity index (χ1n) is 6.91. The standard InChI is InChI=1S/C14H10F8N3S/c1-2-26-10-5-8(25-4-3-11(24-25)13(17,18)19)7-23-9(10)6-12(15,16)14(20,21)22/h3-7H,2H2,1H3. The van der Waals surface area contributed by atoms with Crippen molar-refractivity contribution in [2.75, 3.05) is 5.75 Å². The summed E-state index contributed by atoms with van der Waals surface area (Å²) in [5, 5.41) is 3.30. The minimum atomic E-state index is -5.79. The van der Waals surface area contributed by atoms with Gasteiger partial charge in [-0.05, 0) is 17.9 Å². The third-order valence-electron chi connectivity index (χ3n) is 3.01. The molecular weight excluding hydrogens is 394 g/mol. The topological polar surface area (TPSA) is 30.7 Å². The Morgan fingerprint density at radius 2 is 1.77 bits per heavy atom. The molecule has 0 N–H and O–H groups in total. The van der Waals surface area contributed by atoms with Gasteiger partial charge in [0, 0.05) is 11.1 Å². The van der Waals surface area contributed by atoms with Crippen molar-refractivity contribution < 1.29 is 35.1 Å². The number of thioether (sulfide) groups is 1. The molecule has 2 heterocycles. The summed E-state index contributed by atoms with van der Waals surface area (Å²) in [6, 6.07) is 1.84. The summed E-state index contributed by atoms with van der Waals surface area (Å²) in [6.07, 6.45) is -8.94. The van der Waals surface area contributed by atoms with Crippen molar-refractivity contribution in [3.8, 4) is 5.69 Å². The molecule has 0 unspecified atom stereocenters. The molecular formula is C14H10F8N3S. The van der Waals surface area contributed by atoms with Gasteiger partial charge in [-0.1, -0.05) is 6.92 Å². The van der Waals surface area contributed by atoms with Crippen LogP contribution in [0.3, 0.4) is 0 Å². The van der Waals surface area contributed by atoms with Crippen LogP contribution in [-0.2, 0) is 6.18 Å². The normalized spacial score (nSPS) is 13.3. The summed E-state index contributed by atoms with van der Waals surface area (Å²) < 4.78 is 102. The Hall–Kier alpha value is -1.85. The Kier molecular flexibility index (Phi) is 5.54. The summed E-state index contributed by atoms with van der Waals surface area (Å²) in [5.41, 5.74) is -1.81. The Labute approximate surface area is 146 Å². The van der Waals surface area contributed by atoms with Gasteiger partial charge in [0.1, 0.15) is 0 Å². The minimum absolute atomic E-state index is 0.0103. The number of rotatable bonds is 5. The van der Waals surface area contributed by atoms with Crippen molar-refractivity contribution in [2.45, 2.75) is 30.1 Å². The molecule has 0 saturated carbocycles. The van der Waals surface area contributed by atoms with Crippen LogP contribution < -0.4 is 0 Å². The van der Waals surface area contributed by atoms with Crippen LogP contribution in [0.5, 0.6) is 0 Å². The summed E-state index contributed by atoms with van der Waals surface area (Å²) in [5.74, 6) is -4.78. The number of aromatic nitrogens is 3. The van der Waals surface area contributed by atoms with Gasteiger partial charge in [-0.2, -0.15) is 40.2 Å². The number of hydrogen-bond donors (Lipinski definition) is 0. The number of hydrogen-bond acceptors (Lipinski definition) is 3. The van der Waals surface area contributed by atoms with E-state index in [0.717, 1.165) is 34.9 Å². The van der Waals surface area contributed by atoms with E-state index in [0.29, 0.717) is 11.8 Å². The number of alkyl halides is 8. The predicted octanol–water partition coefficient (Wildman–Crippen LogP) is 5.15. The molecule has 0 saturated heterocycles. The molecule has 0 fully saturated rings. The molecule has 0 spiro atoms. The van der Waals surface area contributed by atoms with Crippen molar-refractivity contribution in [3.63, 3.8) is 0 Å². The molecule has 2 aromatic heterocycles. The zero-order valence-corrected chi connectivity index (χ0v) is 13.7. The molecule has 12 heteroatoms. The fraction of sp³-hybridized carbons (Fsp3) is 0.357. The first-order chi connectivity index (χ1) is 11.8. The lowest BCUT2D eigenvalue weighted by atomic mass is 10.1. The molecule has 0 atom stereocenters. The largest absolute Gasteiger partial charge is 0.454 e. The lowest BCUT2D eigenvalue weighted by Crippen LogP contribution is -2.37. The van der Waals surface area contributed by atoms with E-state index >= 15 is 0 Å². The second-order valence-electron chi connectivity index (χ2n) is 4.92. The summed E-state index contributed by atoms with van der Waals surface area (Å²) in [7, 11) is 0. The van der Waals surface area contributed by atoms with Crippen molar-refractivity contribution in [2.24, 2.45) is 0 Å². The Morgan fingerprint density at radius 3 is 2.27 bits per heavy atom. The van der Waals surface area contributed by atoms with Crippen LogP contribution in [0.2, 0.25) is 0 Å². The van der Waals surface area contributed by atoms with Gasteiger partial charge in [0.05, 0.1) is 24.0 Å². The van der Waals surface area contributed by atoms with Crippen LogP contribution in [-0.4, -0.2) is 32.6 Å². The van der Waals surface area contributed by atoms with E-state index in [4.69, 9.17) is 0 Å². The molecule has 3 nitrogen and oxygen atoms in total. The quantitative estimate of drug-likeness (QED) is 0.510. The average molecular weight is 404 g/mol. The van der Waals surface area contributed by atoms with Gasteiger partial charge in [0.25, 0.3) is 0 Å². The van der Waals surface area contributed by atoms with Crippen LogP contribution in [0.4, 0.5) is 35.1 Å². The van der Waals surface area contributed by atoms with Gasteiger partial charge in [0.15, 0.2) is 5.69 Å². The molecule has 2 aromatic rings. The third-order valence-corrected chi connectivity index (χ3v) is 3.93. The fourth-order valence-electron chi connectivity index (χ4n) is 1.82. The molecule has 0 aliphatic carbocycles. The SMILES string of the molecule is CCSc1cc(-n2ccc(C(F)(F)F)n2)cnc1[CH]C(F)(F)C(F)(F)F. The van der Waals surface area contributed by atoms with Crippen LogP contribution >= 0.6 is 11.8 Å². The van der Waals surface area contributed by atoms with E-state index in [9.17, 15) is 35.1 Å². The molecule has 1 radical (unpaired) electrons. The maximum Gasteiger partial charge on any atom is 0.454 e. The molecule has 0 amide bonds.